The summed E-state index contributed by atoms with van der Waals surface area (Å²) < 4.78 is 62.5. The van der Waals surface area contributed by atoms with Crippen LogP contribution in [0.2, 0.25) is 0 Å². The van der Waals surface area contributed by atoms with Crippen molar-refractivity contribution in [2.24, 2.45) is 0 Å². The normalized spacial score (nSPS) is 11.6. The number of carbonyl (C=O) groups is 2. The largest absolute Gasteiger partial charge is 0.488 e. The van der Waals surface area contributed by atoms with Crippen molar-refractivity contribution in [2.45, 2.75) is 39.6 Å². The van der Waals surface area contributed by atoms with Gasteiger partial charge >= 0.3 is 22.3 Å². The van der Waals surface area contributed by atoms with E-state index >= 15 is 4.39 Å². The standard InChI is InChI=1S/C31H30BrFN2O8S/c1-31(2,3)43-30(38)34-44(39,40)35(17-27(36)37)29-26(42-19-21-12-8-5-9-13-21)15-22-14-25(24(32)16-23(22)28(29)33)41-18-20-10-6-4-7-11-20/h4-16H,17-19H2,1-3H3,(H,34,38)(H,36,37). The van der Waals surface area contributed by atoms with Crippen LogP contribution in [0.1, 0.15) is 31.9 Å². The van der Waals surface area contributed by atoms with Crippen molar-refractivity contribution in [2.75, 3.05) is 10.8 Å². The summed E-state index contributed by atoms with van der Waals surface area (Å²) in [5, 5.41) is 9.85. The van der Waals surface area contributed by atoms with E-state index in [9.17, 15) is 23.1 Å². The Morgan fingerprint density at radius 3 is 1.95 bits per heavy atom. The smallest absolute Gasteiger partial charge is 0.422 e. The summed E-state index contributed by atoms with van der Waals surface area (Å²) in [4.78, 5) is 24.3. The van der Waals surface area contributed by atoms with Crippen LogP contribution < -0.4 is 18.5 Å². The van der Waals surface area contributed by atoms with Gasteiger partial charge < -0.3 is 19.3 Å². The molecule has 232 valence electrons. The molecule has 2 N–H and O–H groups in total. The highest BCUT2D eigenvalue weighted by Crippen LogP contribution is 2.42. The number of halogens is 2. The zero-order valence-corrected chi connectivity index (χ0v) is 26.4. The molecule has 0 aliphatic rings. The van der Waals surface area contributed by atoms with Gasteiger partial charge in [-0.1, -0.05) is 60.7 Å². The Balaban J connectivity index is 1.83. The molecule has 4 aromatic carbocycles. The first-order chi connectivity index (χ1) is 20.7. The second-order valence-electron chi connectivity index (χ2n) is 10.6. The molecule has 4 rings (SSSR count). The van der Waals surface area contributed by atoms with E-state index in [1.165, 1.54) is 32.9 Å². The SMILES string of the molecule is CC(C)(C)OC(=O)NS(=O)(=O)N(CC(=O)O)c1c(OCc2ccccc2)cc2cc(OCc3ccccc3)c(Br)cc2c1F. The number of ether oxygens (including phenoxy) is 3. The lowest BCUT2D eigenvalue weighted by atomic mass is 10.1. The number of hydrogen-bond donors (Lipinski definition) is 2. The molecule has 0 aliphatic carbocycles. The summed E-state index contributed by atoms with van der Waals surface area (Å²) in [6.07, 6.45) is -1.37. The fourth-order valence-corrected chi connectivity index (χ4v) is 5.63. The number of hydrogen-bond acceptors (Lipinski definition) is 7. The second-order valence-corrected chi connectivity index (χ2v) is 13.0. The molecular weight excluding hydrogens is 659 g/mol. The Bertz CT molecular complexity index is 1760. The number of fused-ring (bicyclic) bond motifs is 1. The highest BCUT2D eigenvalue weighted by atomic mass is 79.9. The van der Waals surface area contributed by atoms with Gasteiger partial charge in [-0.05, 0) is 71.4 Å². The van der Waals surface area contributed by atoms with Crippen molar-refractivity contribution in [1.29, 1.82) is 0 Å². The third-order valence-electron chi connectivity index (χ3n) is 5.97. The van der Waals surface area contributed by atoms with Gasteiger partial charge in [0.05, 0.1) is 4.47 Å². The number of carboxylic acid groups (broad SMARTS) is 1. The number of carbonyl (C=O) groups excluding carboxylic acids is 1. The predicted molar refractivity (Wildman–Crippen MR) is 166 cm³/mol. The van der Waals surface area contributed by atoms with E-state index in [1.807, 2.05) is 30.3 Å². The monoisotopic (exact) mass is 688 g/mol. The molecule has 44 heavy (non-hydrogen) atoms. The van der Waals surface area contributed by atoms with E-state index < -0.39 is 45.9 Å². The van der Waals surface area contributed by atoms with Gasteiger partial charge in [0, 0.05) is 5.39 Å². The molecule has 0 bridgehead atoms. The van der Waals surface area contributed by atoms with Crippen molar-refractivity contribution >= 4 is 54.7 Å². The van der Waals surface area contributed by atoms with Gasteiger partial charge in [-0.2, -0.15) is 8.42 Å². The van der Waals surface area contributed by atoms with Crippen molar-refractivity contribution in [3.63, 3.8) is 0 Å². The molecule has 0 heterocycles. The second kappa shape index (κ2) is 13.5. The summed E-state index contributed by atoms with van der Waals surface area (Å²) in [7, 11) is -5.02. The minimum Gasteiger partial charge on any atom is -0.488 e. The molecular formula is C31H30BrFN2O8S. The first kappa shape index (κ1) is 32.6. The average Bonchev–Trinajstić information content (AvgIpc) is 2.94. The van der Waals surface area contributed by atoms with Gasteiger partial charge in [-0.3, -0.25) is 4.79 Å². The van der Waals surface area contributed by atoms with Crippen LogP contribution in [0.5, 0.6) is 11.5 Å². The Hall–Kier alpha value is -4.36. The van der Waals surface area contributed by atoms with Crippen LogP contribution in [0.3, 0.4) is 0 Å². The molecule has 4 aromatic rings. The maximum absolute atomic E-state index is 16.5. The van der Waals surface area contributed by atoms with Gasteiger partial charge in [0.2, 0.25) is 0 Å². The van der Waals surface area contributed by atoms with Gasteiger partial charge in [0.15, 0.2) is 5.82 Å². The highest BCUT2D eigenvalue weighted by Gasteiger charge is 2.34. The molecule has 0 saturated heterocycles. The molecule has 0 saturated carbocycles. The summed E-state index contributed by atoms with van der Waals surface area (Å²) in [5.74, 6) is -2.62. The molecule has 0 radical (unpaired) electrons. The van der Waals surface area contributed by atoms with E-state index in [-0.39, 0.29) is 34.0 Å². The fourth-order valence-electron chi connectivity index (χ4n) is 4.11. The maximum atomic E-state index is 16.5. The average molecular weight is 690 g/mol. The molecule has 1 amide bonds. The Kier molecular flexibility index (Phi) is 10.00. The summed E-state index contributed by atoms with van der Waals surface area (Å²) >= 11 is 3.38. The van der Waals surface area contributed by atoms with Crippen molar-refractivity contribution in [3.8, 4) is 11.5 Å². The molecule has 10 nitrogen and oxygen atoms in total. The number of benzene rings is 4. The lowest BCUT2D eigenvalue weighted by Gasteiger charge is -2.27. The minimum absolute atomic E-state index is 0.0612. The Morgan fingerprint density at radius 1 is 0.909 bits per heavy atom. The van der Waals surface area contributed by atoms with Crippen LogP contribution in [0, 0.1) is 5.82 Å². The number of amides is 1. The first-order valence-electron chi connectivity index (χ1n) is 13.3. The van der Waals surface area contributed by atoms with Crippen LogP contribution >= 0.6 is 15.9 Å². The van der Waals surface area contributed by atoms with Gasteiger partial charge in [-0.15, -0.1) is 0 Å². The van der Waals surface area contributed by atoms with Gasteiger partial charge in [-0.25, -0.2) is 18.2 Å². The Morgan fingerprint density at radius 2 is 1.43 bits per heavy atom. The summed E-state index contributed by atoms with van der Waals surface area (Å²) in [6.45, 7) is 3.44. The van der Waals surface area contributed by atoms with E-state index in [0.717, 1.165) is 5.56 Å². The summed E-state index contributed by atoms with van der Waals surface area (Å²) in [6, 6.07) is 22.6. The van der Waals surface area contributed by atoms with Crippen LogP contribution in [0.4, 0.5) is 14.9 Å². The molecule has 0 atom stereocenters. The van der Waals surface area contributed by atoms with Gasteiger partial charge in [0.25, 0.3) is 0 Å². The first-order valence-corrected chi connectivity index (χ1v) is 15.5. The number of anilines is 1. The fraction of sp³-hybridized carbons (Fsp3) is 0.226. The Labute approximate surface area is 262 Å². The predicted octanol–water partition coefficient (Wildman–Crippen LogP) is 6.56. The molecule has 0 fully saturated rings. The number of aliphatic carboxylic acids is 1. The quantitative estimate of drug-likeness (QED) is 0.181. The van der Waals surface area contributed by atoms with E-state index in [1.54, 1.807) is 41.1 Å². The number of rotatable bonds is 11. The minimum atomic E-state index is -5.02. The third-order valence-corrected chi connectivity index (χ3v) is 7.91. The number of nitrogens with one attached hydrogen (secondary N) is 1. The lowest BCUT2D eigenvalue weighted by Crippen LogP contribution is -2.47. The molecule has 0 aromatic heterocycles. The topological polar surface area (TPSA) is 131 Å². The van der Waals surface area contributed by atoms with E-state index in [4.69, 9.17) is 14.2 Å². The number of carboxylic acids is 1. The van der Waals surface area contributed by atoms with Crippen LogP contribution in [0.25, 0.3) is 10.8 Å². The lowest BCUT2D eigenvalue weighted by molar-refractivity contribution is -0.135. The van der Waals surface area contributed by atoms with Crippen molar-refractivity contribution in [3.05, 3.63) is 100 Å². The molecule has 0 spiro atoms. The van der Waals surface area contributed by atoms with Crippen LogP contribution in [0.15, 0.2) is 83.3 Å². The molecule has 0 aliphatic heterocycles. The van der Waals surface area contributed by atoms with Crippen LogP contribution in [-0.2, 0) is 33.0 Å². The third kappa shape index (κ3) is 8.38. The number of nitrogens with zero attached hydrogens (tertiary/aromatic N) is 1. The van der Waals surface area contributed by atoms with Gasteiger partial charge in [0.1, 0.15) is 42.5 Å². The van der Waals surface area contributed by atoms with E-state index in [0.29, 0.717) is 15.8 Å². The maximum Gasteiger partial charge on any atom is 0.422 e. The van der Waals surface area contributed by atoms with Crippen molar-refractivity contribution in [1.82, 2.24) is 4.72 Å². The highest BCUT2D eigenvalue weighted by molar-refractivity contribution is 9.10. The van der Waals surface area contributed by atoms with E-state index in [2.05, 4.69) is 15.9 Å². The zero-order valence-electron chi connectivity index (χ0n) is 24.0. The van der Waals surface area contributed by atoms with Crippen LogP contribution in [-0.4, -0.2) is 37.7 Å². The van der Waals surface area contributed by atoms with Crippen molar-refractivity contribution < 1.29 is 41.7 Å². The zero-order chi connectivity index (χ0) is 32.1. The summed E-state index contributed by atoms with van der Waals surface area (Å²) in [5.41, 5.74) is -0.195. The molecule has 0 unspecified atom stereocenters. The molecule has 13 heteroatoms.